The van der Waals surface area contributed by atoms with Crippen LogP contribution in [0.4, 0.5) is 4.39 Å². The maximum Gasteiger partial charge on any atom is 0.184 e. The van der Waals surface area contributed by atoms with Crippen LogP contribution in [0.3, 0.4) is 0 Å². The number of methoxy groups -OCH3 is 1. The van der Waals surface area contributed by atoms with Crippen molar-refractivity contribution in [1.29, 1.82) is 0 Å². The minimum atomic E-state index is -0.790. The van der Waals surface area contributed by atoms with Crippen LogP contribution in [0.5, 0.6) is 0 Å². The van der Waals surface area contributed by atoms with Crippen LogP contribution in [0, 0.1) is 5.92 Å². The van der Waals surface area contributed by atoms with Gasteiger partial charge in [0.1, 0.15) is 18.4 Å². The molecule has 0 aromatic heterocycles. The Hall–Kier alpha value is -0.970. The molecule has 0 amide bonds. The highest BCUT2D eigenvalue weighted by atomic mass is 19.1. The first-order valence-corrected chi connectivity index (χ1v) is 7.09. The molecule has 1 saturated heterocycles. The Bertz CT molecular complexity index is 405. The maximum atomic E-state index is 13.4. The fourth-order valence-corrected chi connectivity index (χ4v) is 2.77. The van der Waals surface area contributed by atoms with Crippen LogP contribution in [0.15, 0.2) is 30.3 Å². The van der Waals surface area contributed by atoms with E-state index in [0.29, 0.717) is 13.0 Å². The molecule has 0 N–H and O–H groups in total. The third kappa shape index (κ3) is 2.87. The molecule has 1 unspecified atom stereocenters. The van der Waals surface area contributed by atoms with Gasteiger partial charge < -0.3 is 14.2 Å². The van der Waals surface area contributed by atoms with Crippen molar-refractivity contribution in [2.75, 3.05) is 13.8 Å². The molecular formula is C16H23FO3. The highest BCUT2D eigenvalue weighted by Crippen LogP contribution is 2.41. The Balaban J connectivity index is 2.05. The van der Waals surface area contributed by atoms with Crippen molar-refractivity contribution >= 4 is 0 Å². The molecule has 1 aliphatic rings. The summed E-state index contributed by atoms with van der Waals surface area (Å²) >= 11 is 0. The van der Waals surface area contributed by atoms with E-state index in [1.807, 2.05) is 44.2 Å². The summed E-state index contributed by atoms with van der Waals surface area (Å²) in [5.41, 5.74) is 0.297. The zero-order chi connectivity index (χ0) is 14.6. The first-order valence-electron chi connectivity index (χ1n) is 7.09. The van der Waals surface area contributed by atoms with Gasteiger partial charge in [-0.25, -0.2) is 4.39 Å². The van der Waals surface area contributed by atoms with Gasteiger partial charge in [0, 0.05) is 13.0 Å². The summed E-state index contributed by atoms with van der Waals surface area (Å²) in [5.74, 6) is -0.0498. The molecule has 0 aliphatic carbocycles. The molecule has 1 aromatic carbocycles. The molecule has 0 spiro atoms. The molecule has 4 atom stereocenters. The molecule has 0 radical (unpaired) electrons. The number of hydrogen-bond acceptors (Lipinski definition) is 3. The van der Waals surface area contributed by atoms with E-state index in [1.165, 1.54) is 0 Å². The van der Waals surface area contributed by atoms with E-state index >= 15 is 0 Å². The summed E-state index contributed by atoms with van der Waals surface area (Å²) in [5, 5.41) is 0. The van der Waals surface area contributed by atoms with E-state index in [2.05, 4.69) is 0 Å². The summed E-state index contributed by atoms with van der Waals surface area (Å²) in [6.07, 6.45) is -0.157. The van der Waals surface area contributed by atoms with Gasteiger partial charge in [-0.05, 0) is 12.0 Å². The van der Waals surface area contributed by atoms with Gasteiger partial charge in [-0.3, -0.25) is 0 Å². The average Bonchev–Trinajstić information content (AvgIpc) is 2.78. The fourth-order valence-electron chi connectivity index (χ4n) is 2.77. The molecule has 2 rings (SSSR count). The minimum absolute atomic E-state index is 0.0498. The van der Waals surface area contributed by atoms with Gasteiger partial charge in [-0.1, -0.05) is 44.2 Å². The molecule has 20 heavy (non-hydrogen) atoms. The lowest BCUT2D eigenvalue weighted by molar-refractivity contribution is -0.189. The summed E-state index contributed by atoms with van der Waals surface area (Å²) in [4.78, 5) is 0. The molecule has 4 heteroatoms. The summed E-state index contributed by atoms with van der Waals surface area (Å²) in [7, 11) is 1.57. The van der Waals surface area contributed by atoms with Gasteiger partial charge in [-0.2, -0.15) is 0 Å². The average molecular weight is 282 g/mol. The third-order valence-corrected chi connectivity index (χ3v) is 4.28. The molecule has 112 valence electrons. The first kappa shape index (κ1) is 15.4. The van der Waals surface area contributed by atoms with Crippen LogP contribution in [0.2, 0.25) is 0 Å². The summed E-state index contributed by atoms with van der Waals surface area (Å²) in [6, 6.07) is 9.92. The molecule has 1 aromatic rings. The van der Waals surface area contributed by atoms with E-state index in [-0.39, 0.29) is 12.0 Å². The molecule has 3 nitrogen and oxygen atoms in total. The highest BCUT2D eigenvalue weighted by molar-refractivity contribution is 5.13. The lowest BCUT2D eigenvalue weighted by Crippen LogP contribution is -2.38. The van der Waals surface area contributed by atoms with Crippen molar-refractivity contribution in [3.63, 3.8) is 0 Å². The van der Waals surface area contributed by atoms with Gasteiger partial charge in [0.15, 0.2) is 6.29 Å². The first-order chi connectivity index (χ1) is 9.66. The lowest BCUT2D eigenvalue weighted by Gasteiger charge is -2.28. The molecular weight excluding hydrogens is 259 g/mol. The number of benzene rings is 1. The van der Waals surface area contributed by atoms with E-state index in [0.717, 1.165) is 5.56 Å². The SMILES string of the molecule is CC[C@@]1(CF)OC(OC)[C@H](OCc2ccccc2)[C@@H]1C. The van der Waals surface area contributed by atoms with Crippen LogP contribution in [0.1, 0.15) is 25.8 Å². The van der Waals surface area contributed by atoms with Crippen molar-refractivity contribution in [3.05, 3.63) is 35.9 Å². The van der Waals surface area contributed by atoms with Crippen molar-refractivity contribution in [2.45, 2.75) is 44.9 Å². The smallest absolute Gasteiger partial charge is 0.184 e. The third-order valence-electron chi connectivity index (χ3n) is 4.28. The summed E-state index contributed by atoms with van der Waals surface area (Å²) < 4.78 is 30.5. The van der Waals surface area contributed by atoms with E-state index < -0.39 is 18.6 Å². The molecule has 1 fully saturated rings. The van der Waals surface area contributed by atoms with Crippen molar-refractivity contribution in [2.24, 2.45) is 5.92 Å². The fraction of sp³-hybridized carbons (Fsp3) is 0.625. The van der Waals surface area contributed by atoms with Gasteiger partial charge in [-0.15, -0.1) is 0 Å². The van der Waals surface area contributed by atoms with Gasteiger partial charge in [0.2, 0.25) is 0 Å². The van der Waals surface area contributed by atoms with Crippen LogP contribution in [-0.2, 0) is 20.8 Å². The Morgan fingerprint density at radius 2 is 2.00 bits per heavy atom. The minimum Gasteiger partial charge on any atom is -0.368 e. The van der Waals surface area contributed by atoms with Crippen molar-refractivity contribution in [3.8, 4) is 0 Å². The Morgan fingerprint density at radius 3 is 2.55 bits per heavy atom. The normalized spacial score (nSPS) is 33.5. The number of alkyl halides is 1. The predicted octanol–water partition coefficient (Wildman–Crippen LogP) is 3.33. The summed E-state index contributed by atoms with van der Waals surface area (Å²) in [6.45, 7) is 3.86. The molecule has 0 bridgehead atoms. The maximum absolute atomic E-state index is 13.4. The quantitative estimate of drug-likeness (QED) is 0.801. The van der Waals surface area contributed by atoms with Gasteiger partial charge in [0.05, 0.1) is 6.61 Å². The van der Waals surface area contributed by atoms with Crippen LogP contribution >= 0.6 is 0 Å². The second-order valence-electron chi connectivity index (χ2n) is 5.32. The predicted molar refractivity (Wildman–Crippen MR) is 75.1 cm³/mol. The van der Waals surface area contributed by atoms with Gasteiger partial charge in [0.25, 0.3) is 0 Å². The van der Waals surface area contributed by atoms with Crippen LogP contribution in [-0.4, -0.2) is 31.8 Å². The van der Waals surface area contributed by atoms with Crippen LogP contribution in [0.25, 0.3) is 0 Å². The zero-order valence-electron chi connectivity index (χ0n) is 12.3. The Kier molecular flexibility index (Phi) is 5.13. The second kappa shape index (κ2) is 6.66. The number of halogens is 1. The molecule has 0 saturated carbocycles. The van der Waals surface area contributed by atoms with E-state index in [4.69, 9.17) is 14.2 Å². The number of rotatable bonds is 6. The molecule has 1 heterocycles. The second-order valence-corrected chi connectivity index (χ2v) is 5.32. The standard InChI is InChI=1S/C16H23FO3/c1-4-16(11-17)12(2)14(15(18-3)20-16)19-10-13-8-6-5-7-9-13/h5-9,12,14-15H,4,10-11H2,1-3H3/t12-,14+,15?,16-/m0/s1. The number of ether oxygens (including phenoxy) is 3. The van der Waals surface area contributed by atoms with Gasteiger partial charge >= 0.3 is 0 Å². The van der Waals surface area contributed by atoms with E-state index in [1.54, 1.807) is 7.11 Å². The zero-order valence-corrected chi connectivity index (χ0v) is 12.3. The topological polar surface area (TPSA) is 27.7 Å². The largest absolute Gasteiger partial charge is 0.368 e. The van der Waals surface area contributed by atoms with Crippen molar-refractivity contribution in [1.82, 2.24) is 0 Å². The van der Waals surface area contributed by atoms with Crippen molar-refractivity contribution < 1.29 is 18.6 Å². The van der Waals surface area contributed by atoms with E-state index in [9.17, 15) is 4.39 Å². The lowest BCUT2D eigenvalue weighted by atomic mass is 9.86. The Morgan fingerprint density at radius 1 is 1.30 bits per heavy atom. The highest BCUT2D eigenvalue weighted by Gasteiger charge is 2.52. The molecule has 1 aliphatic heterocycles. The monoisotopic (exact) mass is 282 g/mol. The Labute approximate surface area is 120 Å². The number of hydrogen-bond donors (Lipinski definition) is 0. The van der Waals surface area contributed by atoms with Crippen LogP contribution < -0.4 is 0 Å².